The third-order valence-electron chi connectivity index (χ3n) is 3.27. The van der Waals surface area contributed by atoms with E-state index in [1.165, 1.54) is 35.2 Å². The van der Waals surface area contributed by atoms with Gasteiger partial charge in [-0.15, -0.1) is 10.2 Å². The molecule has 3 aromatic rings. The Kier molecular flexibility index (Phi) is 5.62. The van der Waals surface area contributed by atoms with Crippen LogP contribution in [-0.2, 0) is 4.79 Å². The minimum Gasteiger partial charge on any atom is -0.330 e. The summed E-state index contributed by atoms with van der Waals surface area (Å²) in [4.78, 5) is 11.9. The molecule has 0 saturated heterocycles. The highest BCUT2D eigenvalue weighted by atomic mass is 32.2. The van der Waals surface area contributed by atoms with Gasteiger partial charge >= 0.3 is 0 Å². The van der Waals surface area contributed by atoms with E-state index >= 15 is 0 Å². The zero-order chi connectivity index (χ0) is 17.6. The first-order valence-electron chi connectivity index (χ1n) is 7.45. The maximum Gasteiger partial charge on any atom is 0.234 e. The van der Waals surface area contributed by atoms with Gasteiger partial charge in [0.25, 0.3) is 0 Å². The molecule has 0 radical (unpaired) electrons. The number of rotatable bonds is 6. The monoisotopic (exact) mass is 374 g/mol. The molecule has 0 atom stereocenters. The molecule has 0 spiro atoms. The second-order valence-corrected chi connectivity index (χ2v) is 7.33. The van der Waals surface area contributed by atoms with Gasteiger partial charge in [0.2, 0.25) is 11.0 Å². The summed E-state index contributed by atoms with van der Waals surface area (Å²) in [6, 6.07) is 13.9. The third kappa shape index (κ3) is 4.77. The molecule has 3 rings (SSSR count). The lowest BCUT2D eigenvalue weighted by molar-refractivity contribution is -0.113. The highest BCUT2D eigenvalue weighted by Gasteiger charge is 2.10. The van der Waals surface area contributed by atoms with E-state index in [0.29, 0.717) is 9.47 Å². The van der Waals surface area contributed by atoms with Crippen molar-refractivity contribution in [2.24, 2.45) is 0 Å². The number of nitrogens with zero attached hydrogens (tertiary/aromatic N) is 2. The van der Waals surface area contributed by atoms with Gasteiger partial charge in [-0.25, -0.2) is 4.39 Å². The van der Waals surface area contributed by atoms with Gasteiger partial charge in [0.15, 0.2) is 4.34 Å². The van der Waals surface area contributed by atoms with Crippen molar-refractivity contribution in [3.8, 4) is 0 Å². The molecule has 0 bridgehead atoms. The number of hydrogen-bond acceptors (Lipinski definition) is 6. The smallest absolute Gasteiger partial charge is 0.234 e. The van der Waals surface area contributed by atoms with Gasteiger partial charge in [0, 0.05) is 5.69 Å². The summed E-state index contributed by atoms with van der Waals surface area (Å²) in [6.07, 6.45) is 0. The van der Waals surface area contributed by atoms with E-state index in [9.17, 15) is 9.18 Å². The lowest BCUT2D eigenvalue weighted by atomic mass is 10.2. The van der Waals surface area contributed by atoms with Crippen LogP contribution < -0.4 is 10.6 Å². The standard InChI is InChI=1S/C17H15FN4OS2/c1-11-6-2-4-8-13(11)20-16-21-22-17(25-16)24-10-15(23)19-14-9-5-3-7-12(14)18/h2-9H,10H2,1H3,(H,19,23)(H,20,21). The number of aryl methyl sites for hydroxylation is 1. The van der Waals surface area contributed by atoms with Crippen molar-refractivity contribution >= 4 is 45.5 Å². The fraction of sp³-hybridized carbons (Fsp3) is 0.118. The number of benzene rings is 2. The number of halogens is 1. The molecule has 8 heteroatoms. The summed E-state index contributed by atoms with van der Waals surface area (Å²) in [5.41, 5.74) is 2.25. The molecule has 1 aromatic heterocycles. The van der Waals surface area contributed by atoms with Crippen molar-refractivity contribution < 1.29 is 9.18 Å². The predicted octanol–water partition coefficient (Wildman–Crippen LogP) is 4.46. The first kappa shape index (κ1) is 17.4. The van der Waals surface area contributed by atoms with Crippen LogP contribution in [0.2, 0.25) is 0 Å². The van der Waals surface area contributed by atoms with Crippen LogP contribution in [0.15, 0.2) is 52.9 Å². The Bertz CT molecular complexity index is 884. The van der Waals surface area contributed by atoms with Crippen molar-refractivity contribution in [1.82, 2.24) is 10.2 Å². The molecule has 1 amide bonds. The van der Waals surface area contributed by atoms with Gasteiger partial charge in [-0.05, 0) is 30.7 Å². The highest BCUT2D eigenvalue weighted by molar-refractivity contribution is 8.01. The predicted molar refractivity (Wildman–Crippen MR) is 100 cm³/mol. The second kappa shape index (κ2) is 8.09. The SMILES string of the molecule is Cc1ccccc1Nc1nnc(SCC(=O)Nc2ccccc2F)s1. The molecule has 5 nitrogen and oxygen atoms in total. The van der Waals surface area contributed by atoms with Crippen LogP contribution in [-0.4, -0.2) is 21.9 Å². The summed E-state index contributed by atoms with van der Waals surface area (Å²) in [5.74, 6) is -0.618. The van der Waals surface area contributed by atoms with Crippen LogP contribution in [0.5, 0.6) is 0 Å². The molecule has 128 valence electrons. The van der Waals surface area contributed by atoms with E-state index in [-0.39, 0.29) is 17.3 Å². The quantitative estimate of drug-likeness (QED) is 0.624. The van der Waals surface area contributed by atoms with Crippen LogP contribution in [0, 0.1) is 12.7 Å². The number of thioether (sulfide) groups is 1. The highest BCUT2D eigenvalue weighted by Crippen LogP contribution is 2.28. The Morgan fingerprint density at radius 2 is 1.84 bits per heavy atom. The minimum absolute atomic E-state index is 0.132. The molecule has 0 fully saturated rings. The van der Waals surface area contributed by atoms with Crippen LogP contribution in [0.3, 0.4) is 0 Å². The van der Waals surface area contributed by atoms with E-state index in [4.69, 9.17) is 0 Å². The Morgan fingerprint density at radius 3 is 2.60 bits per heavy atom. The molecular weight excluding hydrogens is 359 g/mol. The van der Waals surface area contributed by atoms with Gasteiger partial charge in [-0.3, -0.25) is 4.79 Å². The number of para-hydroxylation sites is 2. The van der Waals surface area contributed by atoms with E-state index in [1.807, 2.05) is 31.2 Å². The molecule has 0 unspecified atom stereocenters. The molecule has 1 heterocycles. The van der Waals surface area contributed by atoms with Crippen LogP contribution >= 0.6 is 23.1 Å². The van der Waals surface area contributed by atoms with Gasteiger partial charge in [0.05, 0.1) is 11.4 Å². The molecule has 2 N–H and O–H groups in total. The van der Waals surface area contributed by atoms with Gasteiger partial charge in [-0.1, -0.05) is 53.4 Å². The summed E-state index contributed by atoms with van der Waals surface area (Å²) in [7, 11) is 0. The topological polar surface area (TPSA) is 66.9 Å². The van der Waals surface area contributed by atoms with E-state index < -0.39 is 5.82 Å². The van der Waals surface area contributed by atoms with E-state index in [0.717, 1.165) is 11.3 Å². The first-order valence-corrected chi connectivity index (χ1v) is 9.25. The average molecular weight is 374 g/mol. The van der Waals surface area contributed by atoms with Crippen LogP contribution in [0.25, 0.3) is 0 Å². The number of amides is 1. The maximum atomic E-state index is 13.5. The minimum atomic E-state index is -0.457. The Hall–Kier alpha value is -2.45. The molecule has 0 aliphatic carbocycles. The summed E-state index contributed by atoms with van der Waals surface area (Å²) in [5, 5.41) is 14.5. The fourth-order valence-electron chi connectivity index (χ4n) is 2.02. The Labute approximate surface area is 152 Å². The molecule has 25 heavy (non-hydrogen) atoms. The second-order valence-electron chi connectivity index (χ2n) is 5.13. The van der Waals surface area contributed by atoms with Crippen molar-refractivity contribution in [3.63, 3.8) is 0 Å². The lowest BCUT2D eigenvalue weighted by Gasteiger charge is -2.05. The zero-order valence-electron chi connectivity index (χ0n) is 13.3. The maximum absolute atomic E-state index is 13.5. The molecule has 0 aliphatic heterocycles. The summed E-state index contributed by atoms with van der Waals surface area (Å²) >= 11 is 2.62. The first-order chi connectivity index (χ1) is 12.1. The fourth-order valence-corrected chi connectivity index (χ4v) is 3.59. The third-order valence-corrected chi connectivity index (χ3v) is 5.24. The van der Waals surface area contributed by atoms with Crippen LogP contribution in [0.4, 0.5) is 20.9 Å². The number of anilines is 3. The lowest BCUT2D eigenvalue weighted by Crippen LogP contribution is -2.14. The molecule has 0 saturated carbocycles. The summed E-state index contributed by atoms with van der Waals surface area (Å²) < 4.78 is 14.2. The number of carbonyl (C=O) groups is 1. The number of nitrogens with one attached hydrogen (secondary N) is 2. The summed E-state index contributed by atoms with van der Waals surface area (Å²) in [6.45, 7) is 2.01. The van der Waals surface area contributed by atoms with E-state index in [1.54, 1.807) is 12.1 Å². The largest absolute Gasteiger partial charge is 0.330 e. The van der Waals surface area contributed by atoms with Crippen molar-refractivity contribution in [2.45, 2.75) is 11.3 Å². The number of hydrogen-bond donors (Lipinski definition) is 2. The van der Waals surface area contributed by atoms with Crippen molar-refractivity contribution in [1.29, 1.82) is 0 Å². The number of carbonyl (C=O) groups excluding carboxylic acids is 1. The molecule has 0 aliphatic rings. The Morgan fingerprint density at radius 1 is 1.12 bits per heavy atom. The van der Waals surface area contributed by atoms with Crippen molar-refractivity contribution in [2.75, 3.05) is 16.4 Å². The van der Waals surface area contributed by atoms with Gasteiger partial charge in [-0.2, -0.15) is 0 Å². The van der Waals surface area contributed by atoms with Crippen LogP contribution in [0.1, 0.15) is 5.56 Å². The molecule has 2 aromatic carbocycles. The Balaban J connectivity index is 1.54. The van der Waals surface area contributed by atoms with Crippen molar-refractivity contribution in [3.05, 3.63) is 59.9 Å². The zero-order valence-corrected chi connectivity index (χ0v) is 15.0. The van der Waals surface area contributed by atoms with Gasteiger partial charge < -0.3 is 10.6 Å². The normalized spacial score (nSPS) is 10.5. The number of aromatic nitrogens is 2. The average Bonchev–Trinajstić information content (AvgIpc) is 3.05. The van der Waals surface area contributed by atoms with E-state index in [2.05, 4.69) is 20.8 Å². The van der Waals surface area contributed by atoms with Gasteiger partial charge in [0.1, 0.15) is 5.82 Å². The molecular formula is C17H15FN4OS2.